The molecule has 0 bridgehead atoms. The Morgan fingerprint density at radius 1 is 1.24 bits per heavy atom. The second-order valence-electron chi connectivity index (χ2n) is 7.45. The molecule has 2 aromatic heterocycles. The van der Waals surface area contributed by atoms with Gasteiger partial charge < -0.3 is 9.64 Å². The van der Waals surface area contributed by atoms with Crippen molar-refractivity contribution in [2.24, 2.45) is 0 Å². The lowest BCUT2D eigenvalue weighted by molar-refractivity contribution is 0.348. The number of hydrogen-bond acceptors (Lipinski definition) is 5. The highest BCUT2D eigenvalue weighted by Gasteiger charge is 2.30. The van der Waals surface area contributed by atoms with Crippen LogP contribution in [-0.2, 0) is 16.4 Å². The summed E-state index contributed by atoms with van der Waals surface area (Å²) >= 11 is 3.45. The molecule has 0 unspecified atom stereocenters. The number of likely N-dealkylation sites (N-methyl/N-ethyl adjacent to an activating group) is 1. The van der Waals surface area contributed by atoms with Crippen LogP contribution in [0.5, 0.6) is 5.75 Å². The molecule has 0 saturated carbocycles. The van der Waals surface area contributed by atoms with Crippen LogP contribution in [-0.4, -0.2) is 49.0 Å². The number of ether oxygens (including phenoxy) is 1. The summed E-state index contributed by atoms with van der Waals surface area (Å²) < 4.78 is 35.1. The van der Waals surface area contributed by atoms with Crippen LogP contribution in [0.3, 0.4) is 0 Å². The number of benzene rings is 1. The monoisotopic (exact) mass is 473 g/mol. The third kappa shape index (κ3) is 3.10. The maximum Gasteiger partial charge on any atom is 0.273 e. The van der Waals surface area contributed by atoms with Crippen molar-refractivity contribution in [2.75, 3.05) is 26.7 Å². The average molecular weight is 474 g/mol. The summed E-state index contributed by atoms with van der Waals surface area (Å²) in [6.07, 6.45) is 7.09. The van der Waals surface area contributed by atoms with Gasteiger partial charge in [0, 0.05) is 52.9 Å². The van der Waals surface area contributed by atoms with Gasteiger partial charge in [0.1, 0.15) is 10.6 Å². The lowest BCUT2D eigenvalue weighted by Gasteiger charge is -2.21. The highest BCUT2D eigenvalue weighted by atomic mass is 79.9. The first kappa shape index (κ1) is 18.8. The fraction of sp³-hybridized carbons (Fsp3) is 0.286. The van der Waals surface area contributed by atoms with Crippen molar-refractivity contribution in [2.45, 2.75) is 17.7 Å². The molecule has 4 heterocycles. The quantitative estimate of drug-likeness (QED) is 0.580. The molecule has 0 saturated heterocycles. The van der Waals surface area contributed by atoms with Crippen LogP contribution in [0.2, 0.25) is 0 Å². The normalized spacial score (nSPS) is 17.2. The van der Waals surface area contributed by atoms with E-state index in [1.54, 1.807) is 18.5 Å². The predicted octanol–water partition coefficient (Wildman–Crippen LogP) is 3.69. The molecule has 29 heavy (non-hydrogen) atoms. The van der Waals surface area contributed by atoms with E-state index >= 15 is 0 Å². The molecule has 0 spiro atoms. The van der Waals surface area contributed by atoms with Crippen LogP contribution in [0.4, 0.5) is 0 Å². The number of hydrogen-bond donors (Lipinski definition) is 0. The Morgan fingerprint density at radius 2 is 2.10 bits per heavy atom. The summed E-state index contributed by atoms with van der Waals surface area (Å²) in [7, 11) is -1.80. The lowest BCUT2D eigenvalue weighted by Crippen LogP contribution is -2.23. The van der Waals surface area contributed by atoms with Crippen molar-refractivity contribution in [1.82, 2.24) is 13.9 Å². The van der Waals surface area contributed by atoms with E-state index in [9.17, 15) is 8.42 Å². The molecule has 3 aromatic rings. The highest BCUT2D eigenvalue weighted by molar-refractivity contribution is 9.10. The molecule has 0 fully saturated rings. The third-order valence-corrected chi connectivity index (χ3v) is 7.65. The summed E-state index contributed by atoms with van der Waals surface area (Å²) in [6.45, 7) is 2.28. The molecule has 0 radical (unpaired) electrons. The Labute approximate surface area is 178 Å². The van der Waals surface area contributed by atoms with Crippen molar-refractivity contribution in [3.63, 3.8) is 0 Å². The van der Waals surface area contributed by atoms with Gasteiger partial charge in [-0.05, 0) is 43.3 Å². The highest BCUT2D eigenvalue weighted by Crippen LogP contribution is 2.39. The van der Waals surface area contributed by atoms with Gasteiger partial charge >= 0.3 is 0 Å². The summed E-state index contributed by atoms with van der Waals surface area (Å²) in [5, 5.41) is 0.847. The molecule has 5 rings (SSSR count). The lowest BCUT2D eigenvalue weighted by atomic mass is 10.00. The first-order valence-electron chi connectivity index (χ1n) is 9.50. The van der Waals surface area contributed by atoms with Gasteiger partial charge in [-0.2, -0.15) is 0 Å². The Kier molecular flexibility index (Phi) is 4.53. The van der Waals surface area contributed by atoms with Crippen molar-refractivity contribution in [3.8, 4) is 5.75 Å². The van der Waals surface area contributed by atoms with Crippen LogP contribution in [0, 0.1) is 0 Å². The van der Waals surface area contributed by atoms with E-state index < -0.39 is 10.0 Å². The minimum absolute atomic E-state index is 0.172. The number of halogens is 1. The Balaban J connectivity index is 1.72. The number of rotatable bonds is 3. The van der Waals surface area contributed by atoms with Gasteiger partial charge in [0.15, 0.2) is 5.65 Å². The molecule has 6 nitrogen and oxygen atoms in total. The van der Waals surface area contributed by atoms with Gasteiger partial charge in [-0.25, -0.2) is 17.4 Å². The molecule has 0 atom stereocenters. The summed E-state index contributed by atoms with van der Waals surface area (Å²) in [5.74, 6) is 0.450. The van der Waals surface area contributed by atoms with Crippen LogP contribution in [0.25, 0.3) is 16.6 Å². The standard InChI is InChI=1S/C21H20BrN3O3S/c1-24-8-4-14(5-9-24)18-13-25(21-17(18)3-2-7-23-21)29(26,27)19-12-16(22)11-15-6-10-28-20(15)19/h2-4,7,11-13H,5-6,8-10H2,1H3. The fourth-order valence-corrected chi connectivity index (χ4v) is 6.20. The van der Waals surface area contributed by atoms with Gasteiger partial charge in [-0.1, -0.05) is 22.0 Å². The Bertz CT molecular complexity index is 1260. The molecule has 8 heteroatoms. The number of aromatic nitrogens is 2. The fourth-order valence-electron chi connectivity index (χ4n) is 4.02. The van der Waals surface area contributed by atoms with E-state index in [1.807, 2.05) is 18.2 Å². The molecular formula is C21H20BrN3O3S. The first-order valence-corrected chi connectivity index (χ1v) is 11.7. The van der Waals surface area contributed by atoms with Crippen molar-refractivity contribution < 1.29 is 13.2 Å². The van der Waals surface area contributed by atoms with E-state index in [0.717, 1.165) is 46.1 Å². The molecule has 150 valence electrons. The topological polar surface area (TPSA) is 64.4 Å². The maximum atomic E-state index is 13.7. The molecule has 2 aliphatic heterocycles. The Morgan fingerprint density at radius 3 is 2.90 bits per heavy atom. The second kappa shape index (κ2) is 6.97. The summed E-state index contributed by atoms with van der Waals surface area (Å²) in [4.78, 5) is 6.82. The smallest absolute Gasteiger partial charge is 0.273 e. The average Bonchev–Trinajstić information content (AvgIpc) is 3.33. The minimum atomic E-state index is -3.88. The van der Waals surface area contributed by atoms with Gasteiger partial charge in [-0.15, -0.1) is 0 Å². The molecule has 0 N–H and O–H groups in total. The summed E-state index contributed by atoms with van der Waals surface area (Å²) in [5.41, 5.74) is 3.43. The second-order valence-corrected chi connectivity index (χ2v) is 10.1. The van der Waals surface area contributed by atoms with E-state index in [2.05, 4.69) is 38.9 Å². The zero-order valence-electron chi connectivity index (χ0n) is 15.9. The molecule has 1 aromatic carbocycles. The van der Waals surface area contributed by atoms with E-state index in [0.29, 0.717) is 24.4 Å². The molecular weight excluding hydrogens is 454 g/mol. The number of fused-ring (bicyclic) bond motifs is 2. The van der Waals surface area contributed by atoms with Crippen LogP contribution < -0.4 is 4.74 Å². The zero-order chi connectivity index (χ0) is 20.2. The molecule has 0 aliphatic carbocycles. The maximum absolute atomic E-state index is 13.7. The van der Waals surface area contributed by atoms with Gasteiger partial charge in [0.25, 0.3) is 10.0 Å². The minimum Gasteiger partial charge on any atom is -0.492 e. The number of nitrogens with zero attached hydrogens (tertiary/aromatic N) is 3. The van der Waals surface area contributed by atoms with Gasteiger partial charge in [-0.3, -0.25) is 0 Å². The SMILES string of the molecule is CN1CC=C(c2cn(S(=O)(=O)c3cc(Br)cc4c3OCC4)c3ncccc23)CC1. The van der Waals surface area contributed by atoms with Crippen molar-refractivity contribution in [1.29, 1.82) is 0 Å². The van der Waals surface area contributed by atoms with Crippen LogP contribution in [0.15, 0.2) is 52.1 Å². The predicted molar refractivity (Wildman–Crippen MR) is 116 cm³/mol. The molecule has 2 aliphatic rings. The largest absolute Gasteiger partial charge is 0.492 e. The van der Waals surface area contributed by atoms with Gasteiger partial charge in [0.05, 0.1) is 6.61 Å². The number of pyridine rings is 1. The zero-order valence-corrected chi connectivity index (χ0v) is 18.3. The van der Waals surface area contributed by atoms with E-state index in [1.165, 1.54) is 3.97 Å². The van der Waals surface area contributed by atoms with Crippen molar-refractivity contribution in [3.05, 3.63) is 58.3 Å². The van der Waals surface area contributed by atoms with Crippen LogP contribution in [0.1, 0.15) is 17.5 Å². The first-order chi connectivity index (χ1) is 13.9. The van der Waals surface area contributed by atoms with Crippen molar-refractivity contribution >= 4 is 42.6 Å². The Hall–Kier alpha value is -2.16. The van der Waals surface area contributed by atoms with Crippen LogP contribution >= 0.6 is 15.9 Å². The summed E-state index contributed by atoms with van der Waals surface area (Å²) in [6, 6.07) is 7.31. The molecule has 0 amide bonds. The van der Waals surface area contributed by atoms with E-state index in [4.69, 9.17) is 4.74 Å². The van der Waals surface area contributed by atoms with Gasteiger partial charge in [0.2, 0.25) is 0 Å². The van der Waals surface area contributed by atoms with E-state index in [-0.39, 0.29) is 4.90 Å². The third-order valence-electron chi connectivity index (χ3n) is 5.54.